The van der Waals surface area contributed by atoms with E-state index in [4.69, 9.17) is 4.74 Å². The highest BCUT2D eigenvalue weighted by Crippen LogP contribution is 2.23. The highest BCUT2D eigenvalue weighted by molar-refractivity contribution is 5.88. The van der Waals surface area contributed by atoms with Crippen molar-refractivity contribution in [1.29, 1.82) is 0 Å². The van der Waals surface area contributed by atoms with E-state index in [1.54, 1.807) is 17.8 Å². The molecule has 108 valence electrons. The number of nitrogens with zero attached hydrogens (tertiary/aromatic N) is 5. The molecule has 2 rings (SSSR count). The highest BCUT2D eigenvalue weighted by Gasteiger charge is 2.20. The van der Waals surface area contributed by atoms with Gasteiger partial charge >= 0.3 is 5.97 Å². The van der Waals surface area contributed by atoms with Gasteiger partial charge in [-0.25, -0.2) is 9.97 Å². The van der Waals surface area contributed by atoms with Crippen molar-refractivity contribution in [2.24, 2.45) is 7.05 Å². The number of aromatic nitrogens is 4. The van der Waals surface area contributed by atoms with E-state index in [9.17, 15) is 4.79 Å². The van der Waals surface area contributed by atoms with Crippen LogP contribution in [0.15, 0.2) is 12.5 Å². The summed E-state index contributed by atoms with van der Waals surface area (Å²) in [6.45, 7) is 6.33. The van der Waals surface area contributed by atoms with Crippen molar-refractivity contribution in [2.75, 3.05) is 18.1 Å². The number of carbonyl (C=O) groups is 1. The largest absolute Gasteiger partial charge is 0.465 e. The maximum Gasteiger partial charge on any atom is 0.325 e. The van der Waals surface area contributed by atoms with E-state index >= 15 is 0 Å². The van der Waals surface area contributed by atoms with Crippen LogP contribution < -0.4 is 4.90 Å². The van der Waals surface area contributed by atoms with Gasteiger partial charge in [0.15, 0.2) is 5.65 Å². The second kappa shape index (κ2) is 5.85. The second-order valence-electron chi connectivity index (χ2n) is 4.73. The topological polar surface area (TPSA) is 73.1 Å². The van der Waals surface area contributed by atoms with Crippen LogP contribution in [0.25, 0.3) is 11.0 Å². The maximum atomic E-state index is 11.7. The van der Waals surface area contributed by atoms with Gasteiger partial charge in [0.05, 0.1) is 18.2 Å². The maximum absolute atomic E-state index is 11.7. The lowest BCUT2D eigenvalue weighted by Gasteiger charge is -2.26. The zero-order valence-electron chi connectivity index (χ0n) is 12.2. The van der Waals surface area contributed by atoms with Crippen LogP contribution in [0.3, 0.4) is 0 Å². The molecule has 0 atom stereocenters. The van der Waals surface area contributed by atoms with Crippen molar-refractivity contribution in [1.82, 2.24) is 19.7 Å². The minimum Gasteiger partial charge on any atom is -0.465 e. The lowest BCUT2D eigenvalue weighted by Crippen LogP contribution is -2.37. The number of aryl methyl sites for hydroxylation is 1. The summed E-state index contributed by atoms with van der Waals surface area (Å²) >= 11 is 0. The minimum atomic E-state index is -0.267. The van der Waals surface area contributed by atoms with Crippen molar-refractivity contribution >= 4 is 22.8 Å². The van der Waals surface area contributed by atoms with Gasteiger partial charge < -0.3 is 9.64 Å². The molecular formula is C13H19N5O2. The Labute approximate surface area is 117 Å². The van der Waals surface area contributed by atoms with Crippen LogP contribution in [0, 0.1) is 0 Å². The molecule has 0 aliphatic rings. The molecule has 2 aromatic rings. The Kier molecular flexibility index (Phi) is 4.16. The Morgan fingerprint density at radius 3 is 2.85 bits per heavy atom. The smallest absolute Gasteiger partial charge is 0.325 e. The number of hydrogen-bond acceptors (Lipinski definition) is 6. The Bertz CT molecular complexity index is 608. The molecule has 0 aromatic carbocycles. The van der Waals surface area contributed by atoms with E-state index < -0.39 is 0 Å². The molecule has 7 nitrogen and oxygen atoms in total. The lowest BCUT2D eigenvalue weighted by molar-refractivity contribution is -0.141. The number of ether oxygens (including phenoxy) is 1. The summed E-state index contributed by atoms with van der Waals surface area (Å²) in [6.07, 6.45) is 3.20. The molecule has 0 aliphatic heterocycles. The monoisotopic (exact) mass is 277 g/mol. The number of esters is 1. The summed E-state index contributed by atoms with van der Waals surface area (Å²) in [4.78, 5) is 22.2. The number of rotatable bonds is 5. The lowest BCUT2D eigenvalue weighted by atomic mass is 10.2. The molecule has 0 spiro atoms. The molecule has 20 heavy (non-hydrogen) atoms. The van der Waals surface area contributed by atoms with Crippen LogP contribution in [0.4, 0.5) is 5.82 Å². The first-order valence-corrected chi connectivity index (χ1v) is 6.59. The predicted octanol–water partition coefficient (Wildman–Crippen LogP) is 1.14. The third kappa shape index (κ3) is 2.71. The van der Waals surface area contributed by atoms with E-state index in [-0.39, 0.29) is 18.6 Å². The summed E-state index contributed by atoms with van der Waals surface area (Å²) in [5, 5.41) is 5.01. The van der Waals surface area contributed by atoms with Gasteiger partial charge in [-0.2, -0.15) is 5.10 Å². The molecule has 0 aliphatic carbocycles. The Balaban J connectivity index is 2.39. The van der Waals surface area contributed by atoms with Gasteiger partial charge in [-0.3, -0.25) is 9.48 Å². The van der Waals surface area contributed by atoms with Crippen molar-refractivity contribution in [2.45, 2.75) is 26.8 Å². The average Bonchev–Trinajstić information content (AvgIpc) is 2.78. The quantitative estimate of drug-likeness (QED) is 0.763. The standard InChI is InChI=1S/C13H19N5O2/c1-5-20-11(19)7-18(9(2)3)13-10-6-16-17(4)12(10)14-8-15-13/h6,8-9H,5,7H2,1-4H3. The van der Waals surface area contributed by atoms with E-state index in [0.29, 0.717) is 12.4 Å². The molecule has 0 radical (unpaired) electrons. The van der Waals surface area contributed by atoms with Crippen LogP contribution >= 0.6 is 0 Å². The van der Waals surface area contributed by atoms with Crippen molar-refractivity contribution < 1.29 is 9.53 Å². The first-order valence-electron chi connectivity index (χ1n) is 6.59. The number of hydrogen-bond donors (Lipinski definition) is 0. The normalized spacial score (nSPS) is 11.1. The van der Waals surface area contributed by atoms with Gasteiger partial charge in [0.25, 0.3) is 0 Å². The van der Waals surface area contributed by atoms with Crippen LogP contribution in [0.1, 0.15) is 20.8 Å². The van der Waals surface area contributed by atoms with E-state index in [1.165, 1.54) is 6.33 Å². The second-order valence-corrected chi connectivity index (χ2v) is 4.73. The van der Waals surface area contributed by atoms with Crippen LogP contribution in [0.5, 0.6) is 0 Å². The summed E-state index contributed by atoms with van der Waals surface area (Å²) in [5.41, 5.74) is 0.740. The van der Waals surface area contributed by atoms with E-state index in [2.05, 4.69) is 15.1 Å². The molecule has 2 aromatic heterocycles. The zero-order valence-corrected chi connectivity index (χ0v) is 12.2. The van der Waals surface area contributed by atoms with Crippen molar-refractivity contribution in [3.63, 3.8) is 0 Å². The van der Waals surface area contributed by atoms with Gasteiger partial charge in [-0.15, -0.1) is 0 Å². The molecule has 0 saturated heterocycles. The fraction of sp³-hybridized carbons (Fsp3) is 0.538. The first kappa shape index (κ1) is 14.2. The fourth-order valence-electron chi connectivity index (χ4n) is 2.03. The minimum absolute atomic E-state index is 0.109. The molecule has 0 saturated carbocycles. The van der Waals surface area contributed by atoms with Crippen molar-refractivity contribution in [3.8, 4) is 0 Å². The molecule has 0 N–H and O–H groups in total. The Hall–Kier alpha value is -2.18. The first-order chi connectivity index (χ1) is 9.54. The SMILES string of the molecule is CCOC(=O)CN(c1ncnc2c1cnn2C)C(C)C. The van der Waals surface area contributed by atoms with Gasteiger partial charge in [-0.05, 0) is 20.8 Å². The van der Waals surface area contributed by atoms with Crippen LogP contribution in [-0.4, -0.2) is 44.9 Å². The predicted molar refractivity (Wildman–Crippen MR) is 75.4 cm³/mol. The van der Waals surface area contributed by atoms with Gasteiger partial charge in [-0.1, -0.05) is 0 Å². The Morgan fingerprint density at radius 2 is 2.20 bits per heavy atom. The molecule has 2 heterocycles. The van der Waals surface area contributed by atoms with Gasteiger partial charge in [0.2, 0.25) is 0 Å². The third-order valence-electron chi connectivity index (χ3n) is 3.01. The fourth-order valence-corrected chi connectivity index (χ4v) is 2.03. The van der Waals surface area contributed by atoms with Crippen molar-refractivity contribution in [3.05, 3.63) is 12.5 Å². The zero-order chi connectivity index (χ0) is 14.7. The summed E-state index contributed by atoms with van der Waals surface area (Å²) in [5.74, 6) is 0.433. The van der Waals surface area contributed by atoms with Gasteiger partial charge in [0.1, 0.15) is 18.7 Å². The molecule has 0 amide bonds. The average molecular weight is 277 g/mol. The summed E-state index contributed by atoms with van der Waals surface area (Å²) in [6, 6.07) is 0.109. The van der Waals surface area contributed by atoms with Crippen LogP contribution in [0.2, 0.25) is 0 Å². The van der Waals surface area contributed by atoms with E-state index in [0.717, 1.165) is 11.0 Å². The number of carbonyl (C=O) groups excluding carboxylic acids is 1. The molecule has 7 heteroatoms. The summed E-state index contributed by atoms with van der Waals surface area (Å²) < 4.78 is 6.70. The molecule has 0 bridgehead atoms. The van der Waals surface area contributed by atoms with E-state index in [1.807, 2.05) is 25.8 Å². The van der Waals surface area contributed by atoms with Gasteiger partial charge in [0, 0.05) is 13.1 Å². The molecule has 0 unspecified atom stereocenters. The highest BCUT2D eigenvalue weighted by atomic mass is 16.5. The van der Waals surface area contributed by atoms with Crippen LogP contribution in [-0.2, 0) is 16.6 Å². The molecule has 0 fully saturated rings. The molecular weight excluding hydrogens is 258 g/mol. The Morgan fingerprint density at radius 1 is 1.45 bits per heavy atom. The third-order valence-corrected chi connectivity index (χ3v) is 3.01. The number of anilines is 1. The summed E-state index contributed by atoms with van der Waals surface area (Å²) in [7, 11) is 1.82. The number of fused-ring (bicyclic) bond motifs is 1.